The summed E-state index contributed by atoms with van der Waals surface area (Å²) in [5, 5.41) is 12.1. The first-order valence-electron chi connectivity index (χ1n) is 11.1. The number of hydrogen-bond acceptors (Lipinski definition) is 6. The van der Waals surface area contributed by atoms with Crippen LogP contribution in [-0.2, 0) is 9.59 Å². The predicted octanol–water partition coefficient (Wildman–Crippen LogP) is 6.69. The number of benzene rings is 3. The number of anilines is 1. The van der Waals surface area contributed by atoms with E-state index in [0.717, 1.165) is 0 Å². The molecule has 1 atom stereocenters. The average molecular weight is 563 g/mol. The third kappa shape index (κ3) is 4.82. The van der Waals surface area contributed by atoms with Crippen molar-refractivity contribution < 1.29 is 28.9 Å². The largest absolute Gasteiger partial charge is 0.507 e. The lowest BCUT2D eigenvalue weighted by Gasteiger charge is -2.26. The highest BCUT2D eigenvalue weighted by molar-refractivity contribution is 6.52. The van der Waals surface area contributed by atoms with Crippen LogP contribution in [0.25, 0.3) is 5.76 Å². The molecule has 0 bridgehead atoms. The van der Waals surface area contributed by atoms with Crippen molar-refractivity contribution in [1.29, 1.82) is 0 Å². The second-order valence-corrected chi connectivity index (χ2v) is 9.16. The van der Waals surface area contributed by atoms with Gasteiger partial charge in [0.25, 0.3) is 11.7 Å². The Morgan fingerprint density at radius 2 is 1.65 bits per heavy atom. The Bertz CT molecular complexity index is 1400. The molecule has 10 heteroatoms. The van der Waals surface area contributed by atoms with Gasteiger partial charge in [-0.1, -0.05) is 53.0 Å². The van der Waals surface area contributed by atoms with E-state index in [-0.39, 0.29) is 32.7 Å². The molecule has 37 heavy (non-hydrogen) atoms. The summed E-state index contributed by atoms with van der Waals surface area (Å²) in [6.07, 6.45) is 0. The van der Waals surface area contributed by atoms with Crippen molar-refractivity contribution in [2.24, 2.45) is 0 Å². The van der Waals surface area contributed by atoms with Gasteiger partial charge in [0.1, 0.15) is 16.5 Å². The van der Waals surface area contributed by atoms with E-state index in [0.29, 0.717) is 28.6 Å². The topological polar surface area (TPSA) is 85.3 Å². The van der Waals surface area contributed by atoms with Crippen LogP contribution in [0.5, 0.6) is 17.2 Å². The summed E-state index contributed by atoms with van der Waals surface area (Å²) in [5.41, 5.74) is 0.796. The van der Waals surface area contributed by atoms with Gasteiger partial charge in [-0.2, -0.15) is 0 Å². The maximum absolute atomic E-state index is 13.5. The summed E-state index contributed by atoms with van der Waals surface area (Å²) in [6, 6.07) is 13.8. The number of amides is 1. The highest BCUT2D eigenvalue weighted by atomic mass is 35.5. The van der Waals surface area contributed by atoms with Gasteiger partial charge in [-0.25, -0.2) is 0 Å². The zero-order valence-electron chi connectivity index (χ0n) is 20.1. The maximum atomic E-state index is 13.5. The average Bonchev–Trinajstić information content (AvgIpc) is 3.14. The molecule has 0 aromatic heterocycles. The first-order valence-corrected chi connectivity index (χ1v) is 12.3. The number of aliphatic hydroxyl groups is 1. The van der Waals surface area contributed by atoms with Gasteiger partial charge in [-0.05, 0) is 42.8 Å². The molecule has 1 aliphatic rings. The van der Waals surface area contributed by atoms with Crippen molar-refractivity contribution in [2.45, 2.75) is 13.0 Å². The van der Waals surface area contributed by atoms with Crippen molar-refractivity contribution in [3.8, 4) is 17.2 Å². The summed E-state index contributed by atoms with van der Waals surface area (Å²) in [6.45, 7) is 2.26. The molecule has 0 saturated carbocycles. The third-order valence-corrected chi connectivity index (χ3v) is 6.71. The lowest BCUT2D eigenvalue weighted by molar-refractivity contribution is -0.132. The molecule has 1 N–H and O–H groups in total. The highest BCUT2D eigenvalue weighted by Crippen LogP contribution is 2.48. The summed E-state index contributed by atoms with van der Waals surface area (Å²) in [5.74, 6) is -1.56. The van der Waals surface area contributed by atoms with Crippen LogP contribution in [0.3, 0.4) is 0 Å². The Labute approximate surface area is 228 Å². The van der Waals surface area contributed by atoms with E-state index in [1.807, 2.05) is 6.92 Å². The Kier molecular flexibility index (Phi) is 7.87. The minimum atomic E-state index is -1.00. The number of methoxy groups -OCH3 is 2. The molecule has 0 radical (unpaired) electrons. The highest BCUT2D eigenvalue weighted by Gasteiger charge is 2.47. The molecule has 0 aliphatic carbocycles. The summed E-state index contributed by atoms with van der Waals surface area (Å²) in [7, 11) is 2.73. The number of hydrogen-bond donors (Lipinski definition) is 1. The molecule has 1 aliphatic heterocycles. The van der Waals surface area contributed by atoms with E-state index in [2.05, 4.69) is 0 Å². The molecule has 1 amide bonds. The van der Waals surface area contributed by atoms with Crippen molar-refractivity contribution in [1.82, 2.24) is 0 Å². The SMILES string of the molecule is CCOc1cccc(N2C(=O)C(=O)/C(=C(/O)c3cc(Cl)c(OC)c(Cl)c3OC)C2c2ccc(Cl)cc2)c1. The van der Waals surface area contributed by atoms with Crippen molar-refractivity contribution >= 4 is 57.9 Å². The van der Waals surface area contributed by atoms with Crippen LogP contribution in [0.4, 0.5) is 5.69 Å². The maximum Gasteiger partial charge on any atom is 0.300 e. The van der Waals surface area contributed by atoms with Crippen LogP contribution in [0, 0.1) is 0 Å². The van der Waals surface area contributed by atoms with Gasteiger partial charge in [-0.3, -0.25) is 14.5 Å². The second-order valence-electron chi connectivity index (χ2n) is 7.94. The number of halogens is 3. The molecule has 7 nitrogen and oxygen atoms in total. The number of ether oxygens (including phenoxy) is 3. The Morgan fingerprint density at radius 3 is 2.27 bits per heavy atom. The number of aliphatic hydroxyl groups excluding tert-OH is 1. The molecule has 3 aromatic rings. The zero-order valence-corrected chi connectivity index (χ0v) is 22.3. The quantitative estimate of drug-likeness (QED) is 0.196. The van der Waals surface area contributed by atoms with Gasteiger partial charge < -0.3 is 19.3 Å². The number of rotatable bonds is 7. The first-order chi connectivity index (χ1) is 17.7. The lowest BCUT2D eigenvalue weighted by Crippen LogP contribution is -2.29. The molecule has 0 spiro atoms. The first kappa shape index (κ1) is 26.7. The minimum absolute atomic E-state index is 0.000682. The lowest BCUT2D eigenvalue weighted by atomic mass is 9.94. The van der Waals surface area contributed by atoms with Gasteiger partial charge in [0.15, 0.2) is 11.5 Å². The summed E-state index contributed by atoms with van der Waals surface area (Å²) < 4.78 is 16.2. The van der Waals surface area contributed by atoms with E-state index in [1.165, 1.54) is 25.2 Å². The van der Waals surface area contributed by atoms with E-state index < -0.39 is 23.5 Å². The Balaban J connectivity index is 1.99. The molecule has 4 rings (SSSR count). The molecule has 1 unspecified atom stereocenters. The van der Waals surface area contributed by atoms with Crippen LogP contribution in [0.15, 0.2) is 60.2 Å². The number of ketones is 1. The molecule has 1 heterocycles. The fourth-order valence-electron chi connectivity index (χ4n) is 4.24. The van der Waals surface area contributed by atoms with E-state index >= 15 is 0 Å². The number of carbonyl (C=O) groups excluding carboxylic acids is 2. The summed E-state index contributed by atoms with van der Waals surface area (Å²) in [4.78, 5) is 28.2. The molecule has 3 aromatic carbocycles. The monoisotopic (exact) mass is 561 g/mol. The van der Waals surface area contributed by atoms with E-state index in [1.54, 1.807) is 48.5 Å². The van der Waals surface area contributed by atoms with Crippen LogP contribution in [-0.4, -0.2) is 37.6 Å². The van der Waals surface area contributed by atoms with Crippen molar-refractivity contribution in [3.05, 3.63) is 86.4 Å². The molecule has 192 valence electrons. The van der Waals surface area contributed by atoms with Crippen LogP contribution >= 0.6 is 34.8 Å². The fraction of sp³-hybridized carbons (Fsp3) is 0.185. The Morgan fingerprint density at radius 1 is 0.973 bits per heavy atom. The number of Topliss-reactive ketones (excluding diaryl/α,β-unsaturated/α-hetero) is 1. The van der Waals surface area contributed by atoms with Crippen LogP contribution in [0.2, 0.25) is 15.1 Å². The van der Waals surface area contributed by atoms with Gasteiger partial charge >= 0.3 is 0 Å². The Hall–Kier alpha value is -3.39. The van der Waals surface area contributed by atoms with Crippen molar-refractivity contribution in [2.75, 3.05) is 25.7 Å². The molecular weight excluding hydrogens is 541 g/mol. The van der Waals surface area contributed by atoms with E-state index in [4.69, 9.17) is 49.0 Å². The summed E-state index contributed by atoms with van der Waals surface area (Å²) >= 11 is 18.9. The normalized spacial score (nSPS) is 16.7. The van der Waals surface area contributed by atoms with E-state index in [9.17, 15) is 14.7 Å². The minimum Gasteiger partial charge on any atom is -0.507 e. The van der Waals surface area contributed by atoms with Gasteiger partial charge in [0.2, 0.25) is 0 Å². The zero-order chi connectivity index (χ0) is 26.9. The van der Waals surface area contributed by atoms with Gasteiger partial charge in [0, 0.05) is 16.8 Å². The van der Waals surface area contributed by atoms with Crippen molar-refractivity contribution in [3.63, 3.8) is 0 Å². The molecular formula is C27H22Cl3NO6. The molecule has 1 fully saturated rings. The second kappa shape index (κ2) is 10.9. The standard InChI is InChI=1S/C27H22Cl3NO6/c1-4-37-17-7-5-6-16(12-17)31-22(14-8-10-15(28)11-9-14)20(24(33)27(31)34)23(32)18-13-19(29)26(36-3)21(30)25(18)35-2/h5-13,22,32H,4H2,1-3H3/b23-20+. The number of nitrogens with zero attached hydrogens (tertiary/aromatic N) is 1. The van der Waals surface area contributed by atoms with Crippen LogP contribution in [0.1, 0.15) is 24.1 Å². The third-order valence-electron chi connectivity index (χ3n) is 5.83. The number of carbonyl (C=O) groups is 2. The van der Waals surface area contributed by atoms with Gasteiger partial charge in [-0.15, -0.1) is 0 Å². The van der Waals surface area contributed by atoms with Crippen LogP contribution < -0.4 is 19.1 Å². The fourth-order valence-corrected chi connectivity index (χ4v) is 5.05. The molecule has 1 saturated heterocycles. The van der Waals surface area contributed by atoms with Gasteiger partial charge in [0.05, 0.1) is 43.0 Å². The smallest absolute Gasteiger partial charge is 0.300 e. The predicted molar refractivity (Wildman–Crippen MR) is 143 cm³/mol.